The molecule has 0 spiro atoms. The number of aromatic nitrogens is 1. The molecule has 0 aliphatic carbocycles. The Balaban J connectivity index is 2.19. The Hall–Kier alpha value is -1.92. The molecule has 0 bridgehead atoms. The van der Waals surface area contributed by atoms with Gasteiger partial charge in [-0.3, -0.25) is 4.79 Å². The van der Waals surface area contributed by atoms with Crippen LogP contribution >= 0.6 is 22.9 Å². The highest BCUT2D eigenvalue weighted by atomic mass is 35.5. The topological polar surface area (TPSA) is 79.3 Å². The zero-order valence-corrected chi connectivity index (χ0v) is 10.5. The summed E-state index contributed by atoms with van der Waals surface area (Å²) < 4.78 is 0. The van der Waals surface area contributed by atoms with Gasteiger partial charge in [0.1, 0.15) is 10.7 Å². The van der Waals surface area contributed by atoms with Crippen molar-refractivity contribution in [2.24, 2.45) is 0 Å². The van der Waals surface area contributed by atoms with Crippen molar-refractivity contribution >= 4 is 40.6 Å². The van der Waals surface area contributed by atoms with Crippen molar-refractivity contribution in [3.8, 4) is 0 Å². The quantitative estimate of drug-likeness (QED) is 0.907. The zero-order valence-electron chi connectivity index (χ0n) is 8.88. The summed E-state index contributed by atoms with van der Waals surface area (Å²) in [6, 6.07) is 4.50. The molecule has 2 heterocycles. The minimum absolute atomic E-state index is 0.0218. The molecule has 1 amide bonds. The Morgan fingerprint density at radius 1 is 1.33 bits per heavy atom. The average Bonchev–Trinajstić information content (AvgIpc) is 2.81. The Labute approximate surface area is 111 Å². The Bertz CT molecular complexity index is 595. The molecule has 5 nitrogen and oxygen atoms in total. The molecule has 0 saturated carbocycles. The van der Waals surface area contributed by atoms with Crippen molar-refractivity contribution in [1.82, 2.24) is 4.98 Å². The lowest BCUT2D eigenvalue weighted by molar-refractivity contribution is 0.0693. The van der Waals surface area contributed by atoms with Crippen LogP contribution in [-0.4, -0.2) is 22.0 Å². The number of rotatable bonds is 3. The number of carbonyl (C=O) groups is 2. The molecule has 0 saturated heterocycles. The molecule has 0 aliphatic rings. The second-order valence-corrected chi connectivity index (χ2v) is 4.64. The highest BCUT2D eigenvalue weighted by Crippen LogP contribution is 2.18. The van der Waals surface area contributed by atoms with Crippen LogP contribution in [0.15, 0.2) is 29.8 Å². The van der Waals surface area contributed by atoms with E-state index < -0.39 is 11.9 Å². The van der Waals surface area contributed by atoms with Crippen molar-refractivity contribution in [1.29, 1.82) is 0 Å². The third-order valence-corrected chi connectivity index (χ3v) is 3.21. The number of hydrogen-bond acceptors (Lipinski definition) is 4. The molecule has 2 rings (SSSR count). The van der Waals surface area contributed by atoms with Crippen LogP contribution in [-0.2, 0) is 0 Å². The summed E-state index contributed by atoms with van der Waals surface area (Å²) in [6.07, 6.45) is 1.39. The van der Waals surface area contributed by atoms with Crippen molar-refractivity contribution in [2.45, 2.75) is 0 Å². The number of anilines is 1. The van der Waals surface area contributed by atoms with E-state index in [0.29, 0.717) is 10.8 Å². The van der Waals surface area contributed by atoms with E-state index in [0.717, 1.165) is 11.3 Å². The number of nitrogens with one attached hydrogen (secondary N) is 1. The van der Waals surface area contributed by atoms with Gasteiger partial charge >= 0.3 is 5.97 Å². The Morgan fingerprint density at radius 2 is 2.11 bits per heavy atom. The molecule has 2 aromatic rings. The Morgan fingerprint density at radius 3 is 2.72 bits per heavy atom. The van der Waals surface area contributed by atoms with E-state index in [1.807, 2.05) is 0 Å². The molecule has 2 N–H and O–H groups in total. The third-order valence-electron chi connectivity index (χ3n) is 2.07. The molecular weight excluding hydrogens is 276 g/mol. The van der Waals surface area contributed by atoms with Crippen molar-refractivity contribution in [3.05, 3.63) is 45.2 Å². The highest BCUT2D eigenvalue weighted by molar-refractivity contribution is 7.12. The number of amides is 1. The summed E-state index contributed by atoms with van der Waals surface area (Å²) in [5.41, 5.74) is -0.0218. The lowest BCUT2D eigenvalue weighted by atomic mass is 10.2. The fourth-order valence-electron chi connectivity index (χ4n) is 1.28. The van der Waals surface area contributed by atoms with E-state index in [-0.39, 0.29) is 10.4 Å². The maximum Gasteiger partial charge on any atom is 0.337 e. The summed E-state index contributed by atoms with van der Waals surface area (Å²) in [5.74, 6) is -1.32. The summed E-state index contributed by atoms with van der Waals surface area (Å²) in [6.45, 7) is 0. The van der Waals surface area contributed by atoms with E-state index >= 15 is 0 Å². The van der Waals surface area contributed by atoms with Gasteiger partial charge in [-0.1, -0.05) is 11.6 Å². The third kappa shape index (κ3) is 2.66. The summed E-state index contributed by atoms with van der Waals surface area (Å²) >= 11 is 6.73. The molecule has 0 fully saturated rings. The van der Waals surface area contributed by atoms with E-state index in [2.05, 4.69) is 10.3 Å². The van der Waals surface area contributed by atoms with Crippen LogP contribution < -0.4 is 5.32 Å². The van der Waals surface area contributed by atoms with Crippen molar-refractivity contribution in [2.75, 3.05) is 5.32 Å². The molecule has 0 aromatic carbocycles. The van der Waals surface area contributed by atoms with Gasteiger partial charge in [0, 0.05) is 6.20 Å². The standard InChI is InChI=1S/C11H7ClN2O3S/c12-6-1-2-8(13-5-6)14-10(15)9-7(11(16)17)3-4-18-9/h1-5H,(H,16,17)(H,13,14,15). The zero-order chi connectivity index (χ0) is 13.1. The van der Waals surface area contributed by atoms with Crippen molar-refractivity contribution in [3.63, 3.8) is 0 Å². The van der Waals surface area contributed by atoms with Crippen LogP contribution in [0.5, 0.6) is 0 Å². The molecule has 2 aromatic heterocycles. The largest absolute Gasteiger partial charge is 0.478 e. The van der Waals surface area contributed by atoms with Crippen LogP contribution in [0, 0.1) is 0 Å². The summed E-state index contributed by atoms with van der Waals surface area (Å²) in [7, 11) is 0. The molecule has 7 heteroatoms. The van der Waals surface area contributed by atoms with Gasteiger partial charge in [-0.15, -0.1) is 11.3 Å². The SMILES string of the molecule is O=C(O)c1ccsc1C(=O)Nc1ccc(Cl)cn1. The number of pyridine rings is 1. The maximum atomic E-state index is 11.8. The number of halogens is 1. The van der Waals surface area contributed by atoms with Gasteiger partial charge in [-0.05, 0) is 23.6 Å². The number of aromatic carboxylic acids is 1. The average molecular weight is 283 g/mol. The molecular formula is C11H7ClN2O3S. The van der Waals surface area contributed by atoms with Crippen LogP contribution in [0.4, 0.5) is 5.82 Å². The minimum atomic E-state index is -1.13. The van der Waals surface area contributed by atoms with Gasteiger partial charge in [0.2, 0.25) is 0 Å². The summed E-state index contributed by atoms with van der Waals surface area (Å²) in [5, 5.41) is 13.4. The lowest BCUT2D eigenvalue weighted by Gasteiger charge is -2.03. The van der Waals surface area contributed by atoms with Gasteiger partial charge in [-0.2, -0.15) is 0 Å². The van der Waals surface area contributed by atoms with Crippen LogP contribution in [0.25, 0.3) is 0 Å². The lowest BCUT2D eigenvalue weighted by Crippen LogP contribution is -2.14. The van der Waals surface area contributed by atoms with Crippen LogP contribution in [0.2, 0.25) is 5.02 Å². The summed E-state index contributed by atoms with van der Waals surface area (Å²) in [4.78, 5) is 26.8. The molecule has 0 radical (unpaired) electrons. The number of carboxylic acids is 1. The second kappa shape index (κ2) is 5.16. The number of carbonyl (C=O) groups excluding carboxylic acids is 1. The van der Waals surface area contributed by atoms with E-state index in [9.17, 15) is 9.59 Å². The number of nitrogens with zero attached hydrogens (tertiary/aromatic N) is 1. The monoisotopic (exact) mass is 282 g/mol. The predicted molar refractivity (Wildman–Crippen MR) is 68.5 cm³/mol. The predicted octanol–water partition coefficient (Wildman–Crippen LogP) is 2.75. The fraction of sp³-hybridized carbons (Fsp3) is 0. The minimum Gasteiger partial charge on any atom is -0.478 e. The van der Waals surface area contributed by atoms with Gasteiger partial charge in [0.05, 0.1) is 10.6 Å². The fourth-order valence-corrected chi connectivity index (χ4v) is 2.17. The first-order chi connectivity index (χ1) is 8.58. The molecule has 92 valence electrons. The van der Waals surface area contributed by atoms with Gasteiger partial charge in [0.15, 0.2) is 0 Å². The van der Waals surface area contributed by atoms with E-state index in [1.54, 1.807) is 11.4 Å². The van der Waals surface area contributed by atoms with Crippen LogP contribution in [0.1, 0.15) is 20.0 Å². The first-order valence-electron chi connectivity index (χ1n) is 4.81. The van der Waals surface area contributed by atoms with E-state index in [1.165, 1.54) is 18.3 Å². The van der Waals surface area contributed by atoms with Gasteiger partial charge in [-0.25, -0.2) is 9.78 Å². The molecule has 0 atom stereocenters. The highest BCUT2D eigenvalue weighted by Gasteiger charge is 2.18. The number of carboxylic acid groups (broad SMARTS) is 1. The van der Waals surface area contributed by atoms with E-state index in [4.69, 9.17) is 16.7 Å². The second-order valence-electron chi connectivity index (χ2n) is 3.28. The number of hydrogen-bond donors (Lipinski definition) is 2. The molecule has 0 unspecified atom stereocenters. The maximum absolute atomic E-state index is 11.8. The van der Waals surface area contributed by atoms with Gasteiger partial charge < -0.3 is 10.4 Å². The number of thiophene rings is 1. The normalized spacial score (nSPS) is 10.1. The van der Waals surface area contributed by atoms with Crippen molar-refractivity contribution < 1.29 is 14.7 Å². The van der Waals surface area contributed by atoms with Crippen LogP contribution in [0.3, 0.4) is 0 Å². The Kier molecular flexibility index (Phi) is 3.59. The smallest absolute Gasteiger partial charge is 0.337 e. The molecule has 18 heavy (non-hydrogen) atoms. The first-order valence-corrected chi connectivity index (χ1v) is 6.07. The van der Waals surface area contributed by atoms with Gasteiger partial charge in [0.25, 0.3) is 5.91 Å². The molecule has 0 aliphatic heterocycles. The first kappa shape index (κ1) is 12.5.